The van der Waals surface area contributed by atoms with Gasteiger partial charge >= 0.3 is 0 Å². The molecule has 0 spiro atoms. The Bertz CT molecular complexity index is 372. The summed E-state index contributed by atoms with van der Waals surface area (Å²) in [6, 6.07) is 7.95. The van der Waals surface area contributed by atoms with Gasteiger partial charge in [-0.1, -0.05) is 28.1 Å². The summed E-state index contributed by atoms with van der Waals surface area (Å²) in [5, 5.41) is 3.29. The van der Waals surface area contributed by atoms with Crippen LogP contribution in [0.3, 0.4) is 0 Å². The van der Waals surface area contributed by atoms with Crippen molar-refractivity contribution in [1.82, 2.24) is 5.32 Å². The molecule has 1 aliphatic heterocycles. The zero-order valence-electron chi connectivity index (χ0n) is 10.2. The fraction of sp³-hybridized carbons (Fsp3) is 0.571. The molecule has 0 radical (unpaired) electrons. The van der Waals surface area contributed by atoms with E-state index in [-0.39, 0.29) is 5.92 Å². The molecule has 0 amide bonds. The Labute approximate surface area is 111 Å². The first-order chi connectivity index (χ1) is 8.08. The summed E-state index contributed by atoms with van der Waals surface area (Å²) in [5.74, 6) is 0.134. The number of hydrogen-bond acceptors (Lipinski definition) is 1. The molecule has 0 saturated carbocycles. The van der Waals surface area contributed by atoms with Crippen molar-refractivity contribution < 1.29 is 4.39 Å². The van der Waals surface area contributed by atoms with Crippen molar-refractivity contribution in [3.05, 3.63) is 34.3 Å². The van der Waals surface area contributed by atoms with Gasteiger partial charge in [-0.25, -0.2) is 4.39 Å². The molecule has 94 valence electrons. The molecule has 2 rings (SSSR count). The van der Waals surface area contributed by atoms with Crippen LogP contribution in [0.2, 0.25) is 0 Å². The first-order valence-electron chi connectivity index (χ1n) is 6.22. The monoisotopic (exact) mass is 299 g/mol. The summed E-state index contributed by atoms with van der Waals surface area (Å²) in [5.41, 5.74) is -0.0521. The maximum Gasteiger partial charge on any atom is 0.116 e. The fourth-order valence-electron chi connectivity index (χ4n) is 2.56. The van der Waals surface area contributed by atoms with Gasteiger partial charge in [-0.2, -0.15) is 0 Å². The Morgan fingerprint density at radius 3 is 3.00 bits per heavy atom. The quantitative estimate of drug-likeness (QED) is 0.897. The first-order valence-corrected chi connectivity index (χ1v) is 7.01. The Hall–Kier alpha value is -0.410. The van der Waals surface area contributed by atoms with Crippen LogP contribution in [0.25, 0.3) is 0 Å². The minimum Gasteiger partial charge on any atom is -0.316 e. The van der Waals surface area contributed by atoms with E-state index in [4.69, 9.17) is 0 Å². The first kappa shape index (κ1) is 13.0. The van der Waals surface area contributed by atoms with Crippen molar-refractivity contribution in [2.24, 2.45) is 5.92 Å². The molecular weight excluding hydrogens is 281 g/mol. The van der Waals surface area contributed by atoms with Gasteiger partial charge in [0.15, 0.2) is 0 Å². The molecule has 1 fully saturated rings. The van der Waals surface area contributed by atoms with Gasteiger partial charge in [0.2, 0.25) is 0 Å². The maximum absolute atomic E-state index is 14.7. The zero-order chi connectivity index (χ0) is 12.3. The molecule has 2 unspecified atom stereocenters. The lowest BCUT2D eigenvalue weighted by molar-refractivity contribution is 0.0833. The lowest BCUT2D eigenvalue weighted by Crippen LogP contribution is -2.42. The highest BCUT2D eigenvalue weighted by Crippen LogP contribution is 2.31. The molecule has 1 saturated heterocycles. The van der Waals surface area contributed by atoms with Crippen LogP contribution in [0.1, 0.15) is 25.3 Å². The van der Waals surface area contributed by atoms with Crippen LogP contribution in [-0.4, -0.2) is 18.8 Å². The number of benzene rings is 1. The van der Waals surface area contributed by atoms with Crippen LogP contribution in [0, 0.1) is 5.92 Å². The summed E-state index contributed by atoms with van der Waals surface area (Å²) in [7, 11) is 0. The summed E-state index contributed by atoms with van der Waals surface area (Å²) in [6.45, 7) is 3.58. The zero-order valence-corrected chi connectivity index (χ0v) is 11.8. The Morgan fingerprint density at radius 2 is 2.35 bits per heavy atom. The predicted molar refractivity (Wildman–Crippen MR) is 73.0 cm³/mol. The maximum atomic E-state index is 14.7. The van der Waals surface area contributed by atoms with E-state index in [1.54, 1.807) is 6.92 Å². The second kappa shape index (κ2) is 5.49. The average Bonchev–Trinajstić information content (AvgIpc) is 2.29. The van der Waals surface area contributed by atoms with Gasteiger partial charge in [0.05, 0.1) is 0 Å². The van der Waals surface area contributed by atoms with Crippen LogP contribution in [0.4, 0.5) is 4.39 Å². The molecule has 1 aromatic carbocycles. The molecule has 3 heteroatoms. The van der Waals surface area contributed by atoms with Crippen molar-refractivity contribution >= 4 is 15.9 Å². The Balaban J connectivity index is 2.05. The summed E-state index contributed by atoms with van der Waals surface area (Å²) in [4.78, 5) is 0. The van der Waals surface area contributed by atoms with E-state index in [0.29, 0.717) is 6.42 Å². The van der Waals surface area contributed by atoms with Gasteiger partial charge in [-0.05, 0) is 44.0 Å². The van der Waals surface area contributed by atoms with Gasteiger partial charge < -0.3 is 5.32 Å². The van der Waals surface area contributed by atoms with Crippen molar-refractivity contribution in [2.45, 2.75) is 31.9 Å². The topological polar surface area (TPSA) is 12.0 Å². The average molecular weight is 300 g/mol. The van der Waals surface area contributed by atoms with E-state index in [1.165, 1.54) is 0 Å². The number of piperidine rings is 1. The third kappa shape index (κ3) is 3.52. The van der Waals surface area contributed by atoms with Crippen molar-refractivity contribution in [3.8, 4) is 0 Å². The lowest BCUT2D eigenvalue weighted by Gasteiger charge is -2.34. The third-order valence-electron chi connectivity index (χ3n) is 3.59. The largest absolute Gasteiger partial charge is 0.316 e. The molecular formula is C14H19BrFN. The van der Waals surface area contributed by atoms with Crippen LogP contribution < -0.4 is 5.32 Å². The van der Waals surface area contributed by atoms with E-state index in [2.05, 4.69) is 21.2 Å². The summed E-state index contributed by atoms with van der Waals surface area (Å²) >= 11 is 3.43. The molecule has 2 atom stereocenters. The number of nitrogens with one attached hydrogen (secondary N) is 1. The van der Waals surface area contributed by atoms with Crippen molar-refractivity contribution in [2.75, 3.05) is 13.1 Å². The molecule has 0 bridgehead atoms. The van der Waals surface area contributed by atoms with Gasteiger partial charge in [-0.3, -0.25) is 0 Å². The molecule has 1 heterocycles. The summed E-state index contributed by atoms with van der Waals surface area (Å²) in [6.07, 6.45) is 2.58. The van der Waals surface area contributed by atoms with E-state index < -0.39 is 5.67 Å². The Morgan fingerprint density at radius 1 is 1.53 bits per heavy atom. The highest BCUT2D eigenvalue weighted by Gasteiger charge is 2.35. The van der Waals surface area contributed by atoms with Crippen LogP contribution in [0.5, 0.6) is 0 Å². The van der Waals surface area contributed by atoms with Gasteiger partial charge in [0.25, 0.3) is 0 Å². The number of rotatable bonds is 3. The molecule has 17 heavy (non-hydrogen) atoms. The number of halogens is 2. The minimum atomic E-state index is -1.12. The highest BCUT2D eigenvalue weighted by atomic mass is 79.9. The van der Waals surface area contributed by atoms with E-state index in [1.807, 2.05) is 24.3 Å². The van der Waals surface area contributed by atoms with Gasteiger partial charge in [0.1, 0.15) is 5.67 Å². The molecule has 0 aromatic heterocycles. The molecule has 1 N–H and O–H groups in total. The van der Waals surface area contributed by atoms with Crippen LogP contribution in [-0.2, 0) is 6.42 Å². The molecule has 1 aromatic rings. The second-order valence-electron chi connectivity index (χ2n) is 5.13. The smallest absolute Gasteiger partial charge is 0.116 e. The van der Waals surface area contributed by atoms with Crippen molar-refractivity contribution in [1.29, 1.82) is 0 Å². The minimum absolute atomic E-state index is 0.134. The van der Waals surface area contributed by atoms with E-state index >= 15 is 0 Å². The van der Waals surface area contributed by atoms with Crippen LogP contribution >= 0.6 is 15.9 Å². The molecule has 0 aliphatic carbocycles. The van der Waals surface area contributed by atoms with Gasteiger partial charge in [-0.15, -0.1) is 0 Å². The van der Waals surface area contributed by atoms with E-state index in [0.717, 1.165) is 36.0 Å². The lowest BCUT2D eigenvalue weighted by atomic mass is 9.81. The summed E-state index contributed by atoms with van der Waals surface area (Å²) < 4.78 is 15.8. The molecule has 1 nitrogen and oxygen atoms in total. The molecule has 1 aliphatic rings. The second-order valence-corrected chi connectivity index (χ2v) is 6.04. The SMILES string of the molecule is CC(F)(Cc1cccc(Br)c1)C1CCCNC1. The predicted octanol–water partition coefficient (Wildman–Crippen LogP) is 3.72. The Kier molecular flexibility index (Phi) is 4.21. The number of alkyl halides is 1. The fourth-order valence-corrected chi connectivity index (χ4v) is 3.00. The highest BCUT2D eigenvalue weighted by molar-refractivity contribution is 9.10. The van der Waals surface area contributed by atoms with Crippen molar-refractivity contribution in [3.63, 3.8) is 0 Å². The standard InChI is InChI=1S/C14H19BrFN/c1-14(16,12-5-3-7-17-10-12)9-11-4-2-6-13(15)8-11/h2,4,6,8,12,17H,3,5,7,9-10H2,1H3. The van der Waals surface area contributed by atoms with Gasteiger partial charge in [0, 0.05) is 23.4 Å². The normalized spacial score (nSPS) is 24.3. The number of hydrogen-bond donors (Lipinski definition) is 1. The van der Waals surface area contributed by atoms with E-state index in [9.17, 15) is 4.39 Å². The van der Waals surface area contributed by atoms with Crippen LogP contribution in [0.15, 0.2) is 28.7 Å². The third-order valence-corrected chi connectivity index (χ3v) is 4.08.